The molecule has 1 aliphatic heterocycles. The van der Waals surface area contributed by atoms with Crippen molar-refractivity contribution in [1.82, 2.24) is 30.3 Å². The Kier molecular flexibility index (Phi) is 5.19. The summed E-state index contributed by atoms with van der Waals surface area (Å²) in [6, 6.07) is 2.40. The average Bonchev–Trinajstić information content (AvgIpc) is 3.39. The topological polar surface area (TPSA) is 97.0 Å². The third-order valence-corrected chi connectivity index (χ3v) is 5.31. The maximum Gasteiger partial charge on any atom is 0.246 e. The van der Waals surface area contributed by atoms with Gasteiger partial charge in [-0.3, -0.25) is 9.69 Å². The van der Waals surface area contributed by atoms with Crippen LogP contribution in [-0.2, 0) is 11.3 Å². The molecule has 1 amide bonds. The Morgan fingerprint density at radius 1 is 1.15 bits per heavy atom. The molecular formula is C18H24N6O2. The summed E-state index contributed by atoms with van der Waals surface area (Å²) in [5.74, 6) is 1.23. The molecule has 1 saturated heterocycles. The van der Waals surface area contributed by atoms with Crippen LogP contribution in [0, 0.1) is 5.92 Å². The molecule has 0 radical (unpaired) electrons. The molecule has 1 N–H and O–H groups in total. The van der Waals surface area contributed by atoms with E-state index in [1.807, 2.05) is 0 Å². The summed E-state index contributed by atoms with van der Waals surface area (Å²) in [5, 5.41) is 6.81. The van der Waals surface area contributed by atoms with E-state index in [1.165, 1.54) is 25.7 Å². The zero-order valence-corrected chi connectivity index (χ0v) is 14.8. The molecule has 8 nitrogen and oxygen atoms in total. The van der Waals surface area contributed by atoms with Gasteiger partial charge in [0.05, 0.1) is 12.5 Å². The highest BCUT2D eigenvalue weighted by Gasteiger charge is 2.31. The van der Waals surface area contributed by atoms with Crippen molar-refractivity contribution in [1.29, 1.82) is 0 Å². The van der Waals surface area contributed by atoms with Crippen molar-refractivity contribution in [3.63, 3.8) is 0 Å². The zero-order valence-electron chi connectivity index (χ0n) is 14.8. The molecule has 2 aromatic rings. The average molecular weight is 356 g/mol. The first-order valence-corrected chi connectivity index (χ1v) is 9.41. The maximum atomic E-state index is 12.6. The van der Waals surface area contributed by atoms with Crippen molar-refractivity contribution in [3.05, 3.63) is 24.4 Å². The molecule has 1 unspecified atom stereocenters. The Labute approximate surface area is 152 Å². The van der Waals surface area contributed by atoms with E-state index in [9.17, 15) is 4.79 Å². The Balaban J connectivity index is 1.30. The number of hydrogen-bond acceptors (Lipinski definition) is 7. The molecule has 1 saturated carbocycles. The van der Waals surface area contributed by atoms with Gasteiger partial charge in [0, 0.05) is 25.0 Å². The minimum atomic E-state index is 0.0456. The van der Waals surface area contributed by atoms with Gasteiger partial charge in [0.1, 0.15) is 0 Å². The number of carbonyl (C=O) groups is 1. The van der Waals surface area contributed by atoms with Crippen molar-refractivity contribution in [2.75, 3.05) is 13.1 Å². The fourth-order valence-electron chi connectivity index (χ4n) is 3.96. The Bertz CT molecular complexity index is 728. The minimum absolute atomic E-state index is 0.0456. The Morgan fingerprint density at radius 3 is 2.77 bits per heavy atom. The van der Waals surface area contributed by atoms with Gasteiger partial charge in [-0.1, -0.05) is 18.0 Å². The SMILES string of the molecule is O=C(NCc1nc(-c2ncccn2)no1)C1CCCN(C2CCCC2)C1. The van der Waals surface area contributed by atoms with Gasteiger partial charge in [-0.2, -0.15) is 4.98 Å². The summed E-state index contributed by atoms with van der Waals surface area (Å²) in [6.07, 6.45) is 10.5. The lowest BCUT2D eigenvalue weighted by atomic mass is 9.95. The zero-order chi connectivity index (χ0) is 17.8. The van der Waals surface area contributed by atoms with Crippen LogP contribution in [-0.4, -0.2) is 50.0 Å². The molecule has 2 aromatic heterocycles. The molecule has 0 spiro atoms. The number of hydrogen-bond donors (Lipinski definition) is 1. The molecule has 26 heavy (non-hydrogen) atoms. The number of amides is 1. The van der Waals surface area contributed by atoms with E-state index < -0.39 is 0 Å². The minimum Gasteiger partial charge on any atom is -0.347 e. The van der Waals surface area contributed by atoms with Gasteiger partial charge in [0.15, 0.2) is 0 Å². The summed E-state index contributed by atoms with van der Waals surface area (Å²) >= 11 is 0. The van der Waals surface area contributed by atoms with Crippen LogP contribution in [0.3, 0.4) is 0 Å². The first-order chi connectivity index (χ1) is 12.8. The number of carbonyl (C=O) groups excluding carboxylic acids is 1. The quantitative estimate of drug-likeness (QED) is 0.872. The Morgan fingerprint density at radius 2 is 1.96 bits per heavy atom. The van der Waals surface area contributed by atoms with Crippen LogP contribution >= 0.6 is 0 Å². The first kappa shape index (κ1) is 17.1. The number of nitrogens with zero attached hydrogens (tertiary/aromatic N) is 5. The van der Waals surface area contributed by atoms with Crippen LogP contribution in [0.15, 0.2) is 23.0 Å². The van der Waals surface area contributed by atoms with Crippen LogP contribution in [0.4, 0.5) is 0 Å². The third-order valence-electron chi connectivity index (χ3n) is 5.31. The van der Waals surface area contributed by atoms with Gasteiger partial charge in [0.2, 0.25) is 23.4 Å². The van der Waals surface area contributed by atoms with Gasteiger partial charge in [0.25, 0.3) is 0 Å². The molecule has 2 aliphatic rings. The van der Waals surface area contributed by atoms with Gasteiger partial charge in [-0.25, -0.2) is 9.97 Å². The second kappa shape index (κ2) is 7.90. The van der Waals surface area contributed by atoms with E-state index in [2.05, 4.69) is 30.3 Å². The lowest BCUT2D eigenvalue weighted by Crippen LogP contribution is -2.46. The van der Waals surface area contributed by atoms with Crippen molar-refractivity contribution in [2.24, 2.45) is 5.92 Å². The highest BCUT2D eigenvalue weighted by Crippen LogP contribution is 2.28. The monoisotopic (exact) mass is 356 g/mol. The summed E-state index contributed by atoms with van der Waals surface area (Å²) in [5.41, 5.74) is 0. The van der Waals surface area contributed by atoms with E-state index in [4.69, 9.17) is 4.52 Å². The van der Waals surface area contributed by atoms with Gasteiger partial charge in [-0.05, 0) is 38.3 Å². The van der Waals surface area contributed by atoms with Gasteiger partial charge < -0.3 is 9.84 Å². The fourth-order valence-corrected chi connectivity index (χ4v) is 3.96. The van der Waals surface area contributed by atoms with Crippen molar-refractivity contribution >= 4 is 5.91 Å². The van der Waals surface area contributed by atoms with Crippen LogP contribution < -0.4 is 5.32 Å². The molecule has 0 bridgehead atoms. The van der Waals surface area contributed by atoms with Crippen LogP contribution in [0.1, 0.15) is 44.4 Å². The molecule has 8 heteroatoms. The van der Waals surface area contributed by atoms with E-state index >= 15 is 0 Å². The van der Waals surface area contributed by atoms with Gasteiger partial charge >= 0.3 is 0 Å². The van der Waals surface area contributed by atoms with Crippen LogP contribution in [0.5, 0.6) is 0 Å². The molecule has 2 fully saturated rings. The third kappa shape index (κ3) is 3.90. The number of likely N-dealkylation sites (tertiary alicyclic amines) is 1. The summed E-state index contributed by atoms with van der Waals surface area (Å²) in [7, 11) is 0. The summed E-state index contributed by atoms with van der Waals surface area (Å²) in [6.45, 7) is 2.22. The predicted molar refractivity (Wildman–Crippen MR) is 93.7 cm³/mol. The molecule has 1 aliphatic carbocycles. The molecule has 138 valence electrons. The predicted octanol–water partition coefficient (Wildman–Crippen LogP) is 1.80. The van der Waals surface area contributed by atoms with E-state index in [1.54, 1.807) is 18.5 Å². The largest absolute Gasteiger partial charge is 0.347 e. The lowest BCUT2D eigenvalue weighted by Gasteiger charge is -2.36. The normalized spacial score (nSPS) is 21.8. The van der Waals surface area contributed by atoms with Crippen molar-refractivity contribution < 1.29 is 9.32 Å². The summed E-state index contributed by atoms with van der Waals surface area (Å²) < 4.78 is 5.19. The number of aromatic nitrogens is 4. The van der Waals surface area contributed by atoms with Crippen LogP contribution in [0.2, 0.25) is 0 Å². The van der Waals surface area contributed by atoms with Crippen LogP contribution in [0.25, 0.3) is 11.6 Å². The van der Waals surface area contributed by atoms with E-state index in [0.29, 0.717) is 23.6 Å². The molecule has 1 atom stereocenters. The first-order valence-electron chi connectivity index (χ1n) is 9.41. The molecular weight excluding hydrogens is 332 g/mol. The number of rotatable bonds is 5. The number of piperidine rings is 1. The standard InChI is InChI=1S/C18H24N6O2/c25-18(13-5-3-10-24(12-13)14-6-1-2-7-14)21-11-15-22-17(23-26-15)16-19-8-4-9-20-16/h4,8-9,13-14H,1-3,5-7,10-12H2,(H,21,25). The van der Waals surface area contributed by atoms with Crippen molar-refractivity contribution in [2.45, 2.75) is 51.1 Å². The second-order valence-corrected chi connectivity index (χ2v) is 7.07. The smallest absolute Gasteiger partial charge is 0.246 e. The number of nitrogens with one attached hydrogen (secondary N) is 1. The fraction of sp³-hybridized carbons (Fsp3) is 0.611. The van der Waals surface area contributed by atoms with E-state index in [0.717, 1.165) is 25.9 Å². The Hall–Kier alpha value is -2.35. The lowest BCUT2D eigenvalue weighted by molar-refractivity contribution is -0.127. The molecule has 0 aromatic carbocycles. The molecule has 3 heterocycles. The van der Waals surface area contributed by atoms with E-state index in [-0.39, 0.29) is 18.4 Å². The maximum absolute atomic E-state index is 12.6. The highest BCUT2D eigenvalue weighted by atomic mass is 16.5. The highest BCUT2D eigenvalue weighted by molar-refractivity contribution is 5.78. The molecule has 4 rings (SSSR count). The summed E-state index contributed by atoms with van der Waals surface area (Å²) in [4.78, 5) is 27.5. The van der Waals surface area contributed by atoms with Gasteiger partial charge in [-0.15, -0.1) is 0 Å². The van der Waals surface area contributed by atoms with Crippen molar-refractivity contribution in [3.8, 4) is 11.6 Å². The second-order valence-electron chi connectivity index (χ2n) is 7.07.